The van der Waals surface area contributed by atoms with E-state index in [1.165, 1.54) is 0 Å². The third-order valence-electron chi connectivity index (χ3n) is 9.28. The van der Waals surface area contributed by atoms with Crippen LogP contribution in [0.15, 0.2) is 11.6 Å². The highest BCUT2D eigenvalue weighted by molar-refractivity contribution is 5.73. The van der Waals surface area contributed by atoms with Crippen molar-refractivity contribution in [3.63, 3.8) is 0 Å². The van der Waals surface area contributed by atoms with Gasteiger partial charge in [-0.2, -0.15) is 22.0 Å². The van der Waals surface area contributed by atoms with Gasteiger partial charge in [-0.05, 0) is 91.4 Å². The Balaban J connectivity index is 1.64. The first-order valence-electron chi connectivity index (χ1n) is 10.5. The minimum absolute atomic E-state index is 0.0418. The van der Waals surface area contributed by atoms with E-state index in [-0.39, 0.29) is 23.7 Å². The Morgan fingerprint density at radius 1 is 0.964 bits per heavy atom. The molecule has 0 N–H and O–H groups in total. The number of hydrogen-bond acceptors (Lipinski definition) is 1. The maximum absolute atomic E-state index is 14.3. The van der Waals surface area contributed by atoms with Crippen LogP contribution in [0.4, 0.5) is 22.0 Å². The molecule has 0 aliphatic heterocycles. The van der Waals surface area contributed by atoms with Crippen LogP contribution in [0.2, 0.25) is 0 Å². The fourth-order valence-corrected chi connectivity index (χ4v) is 7.89. The summed E-state index contributed by atoms with van der Waals surface area (Å²) >= 11 is 0. The summed E-state index contributed by atoms with van der Waals surface area (Å²) in [5, 5.41) is 0. The lowest BCUT2D eigenvalue weighted by Gasteiger charge is -2.60. The molecule has 0 amide bonds. The van der Waals surface area contributed by atoms with Crippen molar-refractivity contribution < 1.29 is 26.7 Å². The lowest BCUT2D eigenvalue weighted by molar-refractivity contribution is -0.316. The van der Waals surface area contributed by atoms with E-state index < -0.39 is 23.4 Å². The van der Waals surface area contributed by atoms with Crippen molar-refractivity contribution in [2.75, 3.05) is 0 Å². The molecule has 158 valence electrons. The van der Waals surface area contributed by atoms with Crippen molar-refractivity contribution in [3.8, 4) is 0 Å². The number of aldehydes is 1. The van der Waals surface area contributed by atoms with Gasteiger partial charge in [-0.3, -0.25) is 4.79 Å². The molecule has 0 heterocycles. The number of hydrogen-bond donors (Lipinski definition) is 0. The van der Waals surface area contributed by atoms with Gasteiger partial charge in [0.1, 0.15) is 6.29 Å². The van der Waals surface area contributed by atoms with Crippen molar-refractivity contribution in [3.05, 3.63) is 11.6 Å². The number of carbonyl (C=O) groups is 1. The highest BCUT2D eigenvalue weighted by Gasteiger charge is 2.71. The molecule has 1 nitrogen and oxygen atoms in total. The molecule has 0 unspecified atom stereocenters. The van der Waals surface area contributed by atoms with E-state index in [0.29, 0.717) is 37.5 Å². The number of alkyl halides is 5. The summed E-state index contributed by atoms with van der Waals surface area (Å²) in [6.45, 7) is 3.92. The van der Waals surface area contributed by atoms with Gasteiger partial charge in [-0.25, -0.2) is 0 Å². The molecule has 0 spiro atoms. The first-order chi connectivity index (χ1) is 12.9. The second-order valence-electron chi connectivity index (χ2n) is 10.3. The third kappa shape index (κ3) is 2.64. The molecule has 0 aromatic rings. The summed E-state index contributed by atoms with van der Waals surface area (Å²) in [5.74, 6) is -5.33. The summed E-state index contributed by atoms with van der Waals surface area (Å²) in [6.07, 6.45) is 2.50. The first-order valence-corrected chi connectivity index (χ1v) is 10.5. The van der Waals surface area contributed by atoms with Crippen molar-refractivity contribution >= 4 is 6.29 Å². The molecule has 0 radical (unpaired) electrons. The van der Waals surface area contributed by atoms with Crippen LogP contribution < -0.4 is 0 Å². The lowest BCUT2D eigenvalue weighted by Crippen LogP contribution is -2.55. The van der Waals surface area contributed by atoms with Gasteiger partial charge in [0, 0.05) is 5.92 Å². The third-order valence-corrected chi connectivity index (χ3v) is 9.28. The Morgan fingerprint density at radius 3 is 2.29 bits per heavy atom. The fraction of sp³-hybridized carbons (Fsp3) is 0.864. The van der Waals surface area contributed by atoms with E-state index in [2.05, 4.69) is 6.92 Å². The van der Waals surface area contributed by atoms with Crippen molar-refractivity contribution in [2.45, 2.75) is 77.3 Å². The van der Waals surface area contributed by atoms with Crippen LogP contribution in [-0.2, 0) is 4.79 Å². The number of halogens is 5. The molecule has 7 atom stereocenters. The van der Waals surface area contributed by atoms with Crippen LogP contribution in [0, 0.1) is 40.4 Å². The predicted molar refractivity (Wildman–Crippen MR) is 95.7 cm³/mol. The highest BCUT2D eigenvalue weighted by Crippen LogP contribution is 2.69. The van der Waals surface area contributed by atoms with Crippen LogP contribution in [0.5, 0.6) is 0 Å². The van der Waals surface area contributed by atoms with Gasteiger partial charge in [-0.15, -0.1) is 0 Å². The van der Waals surface area contributed by atoms with Gasteiger partial charge < -0.3 is 0 Å². The Labute approximate surface area is 163 Å². The molecule has 0 aromatic heterocycles. The van der Waals surface area contributed by atoms with Gasteiger partial charge >= 0.3 is 12.1 Å². The van der Waals surface area contributed by atoms with Crippen LogP contribution in [0.1, 0.15) is 65.2 Å². The van der Waals surface area contributed by atoms with Gasteiger partial charge in [-0.1, -0.05) is 19.9 Å². The standard InChI is InChI=1S/C22H29F5O/c1-19-10-9-17-15(6-5-14-4-3-13(12-28)11-20(14,17)2)16(19)7-8-18(19)21(23,24)22(25,26)27/h3,12,14-18H,4-11H2,1-2H3/t14-,15+,16+,17+,18-,19+,20+/m1/s1. The zero-order chi connectivity index (χ0) is 20.5. The fourth-order valence-electron chi connectivity index (χ4n) is 7.89. The van der Waals surface area contributed by atoms with Gasteiger partial charge in [0.25, 0.3) is 0 Å². The zero-order valence-electron chi connectivity index (χ0n) is 16.5. The number of carbonyl (C=O) groups excluding carboxylic acids is 1. The Hall–Kier alpha value is -0.940. The maximum atomic E-state index is 14.3. The van der Waals surface area contributed by atoms with Gasteiger partial charge in [0.05, 0.1) is 0 Å². The lowest BCUT2D eigenvalue weighted by atomic mass is 9.45. The number of allylic oxidation sites excluding steroid dienone is 2. The molecule has 0 aromatic carbocycles. The molecule has 6 heteroatoms. The monoisotopic (exact) mass is 404 g/mol. The molecular weight excluding hydrogens is 375 g/mol. The summed E-state index contributed by atoms with van der Waals surface area (Å²) in [4.78, 5) is 11.4. The average Bonchev–Trinajstić information content (AvgIpc) is 2.97. The minimum Gasteiger partial charge on any atom is -0.298 e. The Bertz CT molecular complexity index is 683. The molecule has 4 aliphatic rings. The Kier molecular flexibility index (Phi) is 4.56. The molecule has 4 aliphatic carbocycles. The molecule has 28 heavy (non-hydrogen) atoms. The molecule has 0 saturated heterocycles. The van der Waals surface area contributed by atoms with Crippen LogP contribution in [0.25, 0.3) is 0 Å². The van der Waals surface area contributed by atoms with E-state index in [4.69, 9.17) is 0 Å². The van der Waals surface area contributed by atoms with E-state index in [9.17, 15) is 26.7 Å². The SMILES string of the molecule is C[C@]12CC(C=O)=CC[C@@H]1CC[C@@H]1[C@@H]2CC[C@@]2(C)[C@H]1CC[C@H]2C(F)(F)C(F)(F)F. The second-order valence-corrected chi connectivity index (χ2v) is 10.3. The second kappa shape index (κ2) is 6.28. The quantitative estimate of drug-likeness (QED) is 0.375. The van der Waals surface area contributed by atoms with Crippen LogP contribution in [0.3, 0.4) is 0 Å². The Morgan fingerprint density at radius 2 is 1.64 bits per heavy atom. The van der Waals surface area contributed by atoms with Gasteiger partial charge in [0.15, 0.2) is 0 Å². The van der Waals surface area contributed by atoms with Crippen molar-refractivity contribution in [2.24, 2.45) is 40.4 Å². The molecule has 0 bridgehead atoms. The molecule has 4 rings (SSSR count). The van der Waals surface area contributed by atoms with E-state index in [0.717, 1.165) is 31.1 Å². The van der Waals surface area contributed by atoms with Crippen LogP contribution >= 0.6 is 0 Å². The highest BCUT2D eigenvalue weighted by atomic mass is 19.4. The molecule has 3 fully saturated rings. The zero-order valence-corrected chi connectivity index (χ0v) is 16.5. The average molecular weight is 404 g/mol. The summed E-state index contributed by atoms with van der Waals surface area (Å²) in [6, 6.07) is 0. The van der Waals surface area contributed by atoms with E-state index in [1.54, 1.807) is 6.92 Å². The molecule has 3 saturated carbocycles. The topological polar surface area (TPSA) is 17.1 Å². The van der Waals surface area contributed by atoms with Gasteiger partial charge in [0.2, 0.25) is 0 Å². The van der Waals surface area contributed by atoms with E-state index in [1.807, 2.05) is 6.08 Å². The van der Waals surface area contributed by atoms with Crippen molar-refractivity contribution in [1.29, 1.82) is 0 Å². The summed E-state index contributed by atoms with van der Waals surface area (Å²) in [5.41, 5.74) is -0.179. The summed E-state index contributed by atoms with van der Waals surface area (Å²) in [7, 11) is 0. The smallest absolute Gasteiger partial charge is 0.298 e. The number of rotatable bonds is 2. The van der Waals surface area contributed by atoms with E-state index >= 15 is 0 Å². The van der Waals surface area contributed by atoms with Crippen LogP contribution in [-0.4, -0.2) is 18.4 Å². The first kappa shape index (κ1) is 20.3. The predicted octanol–water partition coefficient (Wildman–Crippen LogP) is 6.58. The number of fused-ring (bicyclic) bond motifs is 5. The largest absolute Gasteiger partial charge is 0.453 e. The summed E-state index contributed by atoms with van der Waals surface area (Å²) < 4.78 is 68.1. The maximum Gasteiger partial charge on any atom is 0.453 e. The van der Waals surface area contributed by atoms with Crippen molar-refractivity contribution in [1.82, 2.24) is 0 Å². The molecular formula is C22H29F5O. The normalized spacial score (nSPS) is 46.2. The minimum atomic E-state index is -5.48.